The average Bonchev–Trinajstić information content (AvgIpc) is 2.43. The molecule has 0 aromatic carbocycles. The SMILES string of the molecule is CC(C)(C)c1cnn(CC2CCC2)c1. The predicted molar refractivity (Wildman–Crippen MR) is 58.3 cm³/mol. The summed E-state index contributed by atoms with van der Waals surface area (Å²) in [7, 11) is 0. The molecule has 0 radical (unpaired) electrons. The predicted octanol–water partition coefficient (Wildman–Crippen LogP) is 2.98. The quantitative estimate of drug-likeness (QED) is 0.704. The molecule has 2 heteroatoms. The zero-order chi connectivity index (χ0) is 10.2. The van der Waals surface area contributed by atoms with E-state index in [1.165, 1.54) is 24.8 Å². The van der Waals surface area contributed by atoms with Crippen molar-refractivity contribution in [2.24, 2.45) is 5.92 Å². The molecule has 78 valence electrons. The summed E-state index contributed by atoms with van der Waals surface area (Å²) in [6.07, 6.45) is 8.42. The van der Waals surface area contributed by atoms with Crippen LogP contribution in [-0.4, -0.2) is 9.78 Å². The molecule has 0 unspecified atom stereocenters. The summed E-state index contributed by atoms with van der Waals surface area (Å²) in [4.78, 5) is 0. The Morgan fingerprint density at radius 1 is 1.43 bits per heavy atom. The molecular formula is C12H20N2. The average molecular weight is 192 g/mol. The molecule has 1 heterocycles. The lowest BCUT2D eigenvalue weighted by Crippen LogP contribution is -2.18. The molecule has 0 spiro atoms. The number of aromatic nitrogens is 2. The number of hydrogen-bond donors (Lipinski definition) is 0. The van der Waals surface area contributed by atoms with Gasteiger partial charge >= 0.3 is 0 Å². The molecule has 1 saturated carbocycles. The van der Waals surface area contributed by atoms with Gasteiger partial charge in [-0.05, 0) is 29.7 Å². The van der Waals surface area contributed by atoms with E-state index in [0.717, 1.165) is 12.5 Å². The van der Waals surface area contributed by atoms with Crippen LogP contribution in [0, 0.1) is 5.92 Å². The Morgan fingerprint density at radius 2 is 2.14 bits per heavy atom. The minimum atomic E-state index is 0.234. The van der Waals surface area contributed by atoms with Crippen molar-refractivity contribution in [1.29, 1.82) is 0 Å². The van der Waals surface area contributed by atoms with Gasteiger partial charge in [-0.25, -0.2) is 0 Å². The largest absolute Gasteiger partial charge is 0.272 e. The van der Waals surface area contributed by atoms with Crippen molar-refractivity contribution in [3.8, 4) is 0 Å². The van der Waals surface area contributed by atoms with Crippen LogP contribution in [-0.2, 0) is 12.0 Å². The highest BCUT2D eigenvalue weighted by Crippen LogP contribution is 2.28. The van der Waals surface area contributed by atoms with Gasteiger partial charge in [0, 0.05) is 12.7 Å². The maximum absolute atomic E-state index is 4.42. The summed E-state index contributed by atoms with van der Waals surface area (Å²) in [5, 5.41) is 4.42. The van der Waals surface area contributed by atoms with Gasteiger partial charge in [-0.3, -0.25) is 4.68 Å². The first kappa shape index (κ1) is 9.75. The Kier molecular flexibility index (Phi) is 2.38. The lowest BCUT2D eigenvalue weighted by molar-refractivity contribution is 0.266. The lowest BCUT2D eigenvalue weighted by atomic mass is 9.85. The van der Waals surface area contributed by atoms with Crippen LogP contribution in [0.4, 0.5) is 0 Å². The minimum absolute atomic E-state index is 0.234. The minimum Gasteiger partial charge on any atom is -0.272 e. The summed E-state index contributed by atoms with van der Waals surface area (Å²) in [5.74, 6) is 0.891. The van der Waals surface area contributed by atoms with E-state index in [-0.39, 0.29) is 5.41 Å². The van der Waals surface area contributed by atoms with Crippen molar-refractivity contribution < 1.29 is 0 Å². The first-order valence-electron chi connectivity index (χ1n) is 5.58. The molecule has 14 heavy (non-hydrogen) atoms. The highest BCUT2D eigenvalue weighted by molar-refractivity contribution is 5.15. The van der Waals surface area contributed by atoms with E-state index in [1.807, 2.05) is 6.20 Å². The van der Waals surface area contributed by atoms with Gasteiger partial charge in [0.15, 0.2) is 0 Å². The van der Waals surface area contributed by atoms with Gasteiger partial charge in [0.25, 0.3) is 0 Å². The van der Waals surface area contributed by atoms with Gasteiger partial charge in [-0.15, -0.1) is 0 Å². The first-order valence-corrected chi connectivity index (χ1v) is 5.58. The van der Waals surface area contributed by atoms with Gasteiger partial charge in [0.2, 0.25) is 0 Å². The second kappa shape index (κ2) is 3.41. The van der Waals surface area contributed by atoms with E-state index < -0.39 is 0 Å². The Labute approximate surface area is 86.3 Å². The molecule has 1 fully saturated rings. The zero-order valence-corrected chi connectivity index (χ0v) is 9.45. The van der Waals surface area contributed by atoms with Crippen molar-refractivity contribution in [3.05, 3.63) is 18.0 Å². The van der Waals surface area contributed by atoms with Crippen molar-refractivity contribution in [2.75, 3.05) is 0 Å². The van der Waals surface area contributed by atoms with Gasteiger partial charge in [-0.2, -0.15) is 5.10 Å². The standard InChI is InChI=1S/C12H20N2/c1-12(2,3)11-7-13-14(9-11)8-10-5-4-6-10/h7,9-10H,4-6,8H2,1-3H3. The van der Waals surface area contributed by atoms with Crippen LogP contribution in [0.15, 0.2) is 12.4 Å². The third kappa shape index (κ3) is 1.99. The van der Waals surface area contributed by atoms with E-state index in [1.54, 1.807) is 0 Å². The Morgan fingerprint density at radius 3 is 2.57 bits per heavy atom. The molecule has 1 aliphatic carbocycles. The molecule has 1 aromatic rings. The molecule has 2 nitrogen and oxygen atoms in total. The van der Waals surface area contributed by atoms with Gasteiger partial charge in [-0.1, -0.05) is 27.2 Å². The van der Waals surface area contributed by atoms with E-state index in [0.29, 0.717) is 0 Å². The normalized spacial score (nSPS) is 18.2. The first-order chi connectivity index (χ1) is 6.55. The highest BCUT2D eigenvalue weighted by Gasteiger charge is 2.20. The maximum atomic E-state index is 4.42. The summed E-state index contributed by atoms with van der Waals surface area (Å²) >= 11 is 0. The molecule has 0 N–H and O–H groups in total. The van der Waals surface area contributed by atoms with E-state index in [9.17, 15) is 0 Å². The fourth-order valence-corrected chi connectivity index (χ4v) is 1.79. The molecular weight excluding hydrogens is 172 g/mol. The molecule has 0 atom stereocenters. The van der Waals surface area contributed by atoms with Crippen LogP contribution in [0.5, 0.6) is 0 Å². The highest BCUT2D eigenvalue weighted by atomic mass is 15.3. The molecule has 2 rings (SSSR count). The van der Waals surface area contributed by atoms with Crippen LogP contribution in [0.25, 0.3) is 0 Å². The maximum Gasteiger partial charge on any atom is 0.0527 e. The molecule has 0 amide bonds. The second-order valence-electron chi connectivity index (χ2n) is 5.50. The molecule has 0 bridgehead atoms. The summed E-state index contributed by atoms with van der Waals surface area (Å²) in [5.41, 5.74) is 1.58. The lowest BCUT2D eigenvalue weighted by Gasteiger charge is -2.25. The van der Waals surface area contributed by atoms with Crippen molar-refractivity contribution in [3.63, 3.8) is 0 Å². The Balaban J connectivity index is 2.02. The van der Waals surface area contributed by atoms with E-state index >= 15 is 0 Å². The summed E-state index contributed by atoms with van der Waals surface area (Å²) in [6.45, 7) is 7.82. The summed E-state index contributed by atoms with van der Waals surface area (Å²) in [6, 6.07) is 0. The monoisotopic (exact) mass is 192 g/mol. The molecule has 1 aromatic heterocycles. The van der Waals surface area contributed by atoms with E-state index in [2.05, 4.69) is 36.7 Å². The molecule has 1 aliphatic rings. The smallest absolute Gasteiger partial charge is 0.0527 e. The van der Waals surface area contributed by atoms with Gasteiger partial charge in [0.1, 0.15) is 0 Å². The Bertz CT molecular complexity index is 302. The Hall–Kier alpha value is -0.790. The number of rotatable bonds is 2. The van der Waals surface area contributed by atoms with E-state index in [4.69, 9.17) is 0 Å². The summed E-state index contributed by atoms with van der Waals surface area (Å²) < 4.78 is 2.12. The third-order valence-corrected chi connectivity index (χ3v) is 3.17. The third-order valence-electron chi connectivity index (χ3n) is 3.17. The van der Waals surface area contributed by atoms with Crippen molar-refractivity contribution in [1.82, 2.24) is 9.78 Å². The molecule has 0 aliphatic heterocycles. The van der Waals surface area contributed by atoms with Crippen LogP contribution in [0.3, 0.4) is 0 Å². The van der Waals surface area contributed by atoms with Crippen LogP contribution < -0.4 is 0 Å². The zero-order valence-electron chi connectivity index (χ0n) is 9.45. The molecule has 0 saturated heterocycles. The van der Waals surface area contributed by atoms with Crippen molar-refractivity contribution in [2.45, 2.75) is 52.0 Å². The van der Waals surface area contributed by atoms with Gasteiger partial charge < -0.3 is 0 Å². The van der Waals surface area contributed by atoms with Gasteiger partial charge in [0.05, 0.1) is 6.20 Å². The van der Waals surface area contributed by atoms with Crippen molar-refractivity contribution >= 4 is 0 Å². The second-order valence-corrected chi connectivity index (χ2v) is 5.50. The number of nitrogens with zero attached hydrogens (tertiary/aromatic N) is 2. The number of hydrogen-bond acceptors (Lipinski definition) is 1. The fourth-order valence-electron chi connectivity index (χ4n) is 1.79. The van der Waals surface area contributed by atoms with Crippen LogP contribution >= 0.6 is 0 Å². The topological polar surface area (TPSA) is 17.8 Å². The fraction of sp³-hybridized carbons (Fsp3) is 0.750. The van der Waals surface area contributed by atoms with Crippen LogP contribution in [0.2, 0.25) is 0 Å². The van der Waals surface area contributed by atoms with Crippen LogP contribution in [0.1, 0.15) is 45.6 Å².